The number of nitrogens with one attached hydrogen (secondary N) is 2. The molecule has 0 aliphatic rings. The molecular formula is C6H10N2O7P2. The van der Waals surface area contributed by atoms with Crippen LogP contribution in [0.15, 0.2) is 23.1 Å². The largest absolute Gasteiger partial charge is 0.360 e. The van der Waals surface area contributed by atoms with Gasteiger partial charge in [0.25, 0.3) is 0 Å². The highest BCUT2D eigenvalue weighted by atomic mass is 31.2. The molecule has 1 rings (SSSR count). The quantitative estimate of drug-likeness (QED) is 0.400. The average molecular weight is 284 g/mol. The second-order valence-electron chi connectivity index (χ2n) is 3.13. The van der Waals surface area contributed by atoms with Crippen molar-refractivity contribution in [1.29, 1.82) is 0 Å². The first-order valence-corrected chi connectivity index (χ1v) is 7.53. The number of anilines is 1. The Labute approximate surface area is 94.8 Å². The number of aromatic amines is 1. The fraction of sp³-hybridized carbons (Fsp3) is 0.167. The molecule has 0 atom stereocenters. The van der Waals surface area contributed by atoms with E-state index in [1.54, 1.807) is 0 Å². The lowest BCUT2D eigenvalue weighted by Crippen LogP contribution is -2.21. The summed E-state index contributed by atoms with van der Waals surface area (Å²) >= 11 is 0. The molecule has 6 N–H and O–H groups in total. The molecule has 0 fully saturated rings. The van der Waals surface area contributed by atoms with Gasteiger partial charge >= 0.3 is 15.2 Å². The van der Waals surface area contributed by atoms with E-state index in [4.69, 9.17) is 19.6 Å². The molecule has 1 aromatic heterocycles. The van der Waals surface area contributed by atoms with Crippen LogP contribution in [0.1, 0.15) is 0 Å². The number of pyridine rings is 1. The van der Waals surface area contributed by atoms with Gasteiger partial charge in [-0.3, -0.25) is 13.9 Å². The smallest absolute Gasteiger partial charge is 0.348 e. The third-order valence-corrected chi connectivity index (χ3v) is 5.03. The lowest BCUT2D eigenvalue weighted by molar-refractivity contribution is 0.343. The SMILES string of the molecule is O=c1cc[nH]c(NC(P(=O)(O)O)P(=O)(O)O)c1. The highest BCUT2D eigenvalue weighted by Gasteiger charge is 2.43. The van der Waals surface area contributed by atoms with E-state index in [9.17, 15) is 13.9 Å². The normalized spacial score (nSPS) is 12.8. The summed E-state index contributed by atoms with van der Waals surface area (Å²) in [6, 6.07) is 2.05. The molecule has 1 aromatic rings. The second-order valence-corrected chi connectivity index (χ2v) is 6.93. The molecule has 0 unspecified atom stereocenters. The Hall–Kier alpha value is -0.950. The first-order chi connectivity index (χ1) is 7.60. The Bertz CT molecular complexity index is 521. The van der Waals surface area contributed by atoms with Gasteiger partial charge in [-0.1, -0.05) is 0 Å². The van der Waals surface area contributed by atoms with Crippen molar-refractivity contribution in [2.75, 3.05) is 5.32 Å². The molecule has 0 bridgehead atoms. The summed E-state index contributed by atoms with van der Waals surface area (Å²) < 4.78 is 21.8. The molecule has 17 heavy (non-hydrogen) atoms. The van der Waals surface area contributed by atoms with E-state index < -0.39 is 26.1 Å². The van der Waals surface area contributed by atoms with Crippen LogP contribution < -0.4 is 10.7 Å². The maximum absolute atomic E-state index is 10.9. The number of hydrogen-bond donors (Lipinski definition) is 6. The van der Waals surface area contributed by atoms with Crippen molar-refractivity contribution < 1.29 is 28.7 Å². The Morgan fingerprint density at radius 1 is 1.18 bits per heavy atom. The van der Waals surface area contributed by atoms with Crippen LogP contribution in [-0.4, -0.2) is 30.1 Å². The molecule has 96 valence electrons. The van der Waals surface area contributed by atoms with Gasteiger partial charge in [0.05, 0.1) is 0 Å². The van der Waals surface area contributed by atoms with Gasteiger partial charge in [0, 0.05) is 18.3 Å². The van der Waals surface area contributed by atoms with Gasteiger partial charge in [-0.05, 0) is 0 Å². The van der Waals surface area contributed by atoms with E-state index in [0.717, 1.165) is 12.1 Å². The summed E-state index contributed by atoms with van der Waals surface area (Å²) in [7, 11) is -10.1. The molecule has 0 aliphatic heterocycles. The van der Waals surface area contributed by atoms with Gasteiger partial charge in [0.15, 0.2) is 5.43 Å². The third kappa shape index (κ3) is 4.08. The third-order valence-electron chi connectivity index (χ3n) is 1.69. The zero-order chi connectivity index (χ0) is 13.3. The Morgan fingerprint density at radius 3 is 2.12 bits per heavy atom. The molecule has 11 heteroatoms. The maximum atomic E-state index is 10.9. The summed E-state index contributed by atoms with van der Waals surface area (Å²) in [6.45, 7) is 0. The standard InChI is InChI=1S/C6H10N2O7P2/c9-4-1-2-7-5(3-4)8-6(16(10,11)12)17(13,14)15/h1-3,6H,(H2,7,8,9)(H2,10,11,12)(H2,13,14,15). The lowest BCUT2D eigenvalue weighted by Gasteiger charge is -2.21. The highest BCUT2D eigenvalue weighted by molar-refractivity contribution is 7.71. The molecule has 1 heterocycles. The van der Waals surface area contributed by atoms with Crippen LogP contribution in [-0.2, 0) is 9.13 Å². The second kappa shape index (κ2) is 4.73. The molecule has 0 saturated carbocycles. The minimum absolute atomic E-state index is 0.200. The zero-order valence-corrected chi connectivity index (χ0v) is 10.0. The van der Waals surface area contributed by atoms with Crippen LogP contribution in [0.4, 0.5) is 5.82 Å². The maximum Gasteiger partial charge on any atom is 0.360 e. The first kappa shape index (κ1) is 14.1. The molecule has 0 aromatic carbocycles. The van der Waals surface area contributed by atoms with Crippen LogP contribution in [0.3, 0.4) is 0 Å². The Kier molecular flexibility index (Phi) is 3.93. The summed E-state index contributed by atoms with van der Waals surface area (Å²) in [4.78, 5) is 48.5. The fourth-order valence-electron chi connectivity index (χ4n) is 1.03. The topological polar surface area (TPSA) is 160 Å². The van der Waals surface area contributed by atoms with E-state index in [0.29, 0.717) is 0 Å². The number of H-pyrrole nitrogens is 1. The molecule has 0 amide bonds. The van der Waals surface area contributed by atoms with Crippen LogP contribution in [0, 0.1) is 0 Å². The Balaban J connectivity index is 3.08. The monoisotopic (exact) mass is 284 g/mol. The number of hydrogen-bond acceptors (Lipinski definition) is 4. The van der Waals surface area contributed by atoms with E-state index in [1.165, 1.54) is 6.20 Å². The number of rotatable bonds is 4. The van der Waals surface area contributed by atoms with Gasteiger partial charge < -0.3 is 29.9 Å². The summed E-state index contributed by atoms with van der Waals surface area (Å²) in [5, 5.41) is 1.92. The highest BCUT2D eigenvalue weighted by Crippen LogP contribution is 2.59. The van der Waals surface area contributed by atoms with E-state index in [1.807, 2.05) is 5.32 Å². The lowest BCUT2D eigenvalue weighted by atomic mass is 10.4. The van der Waals surface area contributed by atoms with Crippen molar-refractivity contribution in [2.24, 2.45) is 0 Å². The van der Waals surface area contributed by atoms with Crippen LogP contribution in [0.25, 0.3) is 0 Å². The minimum atomic E-state index is -5.07. The predicted octanol–water partition coefficient (Wildman–Crippen LogP) is -0.574. The van der Waals surface area contributed by atoms with Crippen LogP contribution >= 0.6 is 15.2 Å². The molecular weight excluding hydrogens is 274 g/mol. The summed E-state index contributed by atoms with van der Waals surface area (Å²) in [5.74, 6) is -0.200. The summed E-state index contributed by atoms with van der Waals surface area (Å²) in [6.07, 6.45) is 1.17. The van der Waals surface area contributed by atoms with Gasteiger partial charge in [-0.15, -0.1) is 0 Å². The number of aromatic nitrogens is 1. The molecule has 9 nitrogen and oxygen atoms in total. The molecule has 0 spiro atoms. The zero-order valence-electron chi connectivity index (χ0n) is 8.22. The Morgan fingerprint density at radius 2 is 1.71 bits per heavy atom. The fourth-order valence-corrected chi connectivity index (χ4v) is 3.21. The average Bonchev–Trinajstić information content (AvgIpc) is 2.10. The molecule has 0 saturated heterocycles. The molecule has 0 radical (unpaired) electrons. The van der Waals surface area contributed by atoms with Gasteiger partial charge in [0.1, 0.15) is 5.82 Å². The van der Waals surface area contributed by atoms with Crippen LogP contribution in [0.5, 0.6) is 0 Å². The van der Waals surface area contributed by atoms with Crippen molar-refractivity contribution in [3.05, 3.63) is 28.6 Å². The van der Waals surface area contributed by atoms with Crippen molar-refractivity contribution >= 4 is 21.0 Å². The van der Waals surface area contributed by atoms with Crippen LogP contribution in [0.2, 0.25) is 0 Å². The van der Waals surface area contributed by atoms with Crippen molar-refractivity contribution in [3.63, 3.8) is 0 Å². The van der Waals surface area contributed by atoms with Gasteiger partial charge in [0.2, 0.25) is 5.52 Å². The van der Waals surface area contributed by atoms with E-state index in [2.05, 4.69) is 4.98 Å². The van der Waals surface area contributed by atoms with E-state index >= 15 is 0 Å². The minimum Gasteiger partial charge on any atom is -0.348 e. The predicted molar refractivity (Wildman–Crippen MR) is 58.6 cm³/mol. The first-order valence-electron chi connectivity index (χ1n) is 4.16. The van der Waals surface area contributed by atoms with Crippen molar-refractivity contribution in [1.82, 2.24) is 4.98 Å². The van der Waals surface area contributed by atoms with Crippen molar-refractivity contribution in [3.8, 4) is 0 Å². The van der Waals surface area contributed by atoms with E-state index in [-0.39, 0.29) is 5.82 Å². The molecule has 0 aliphatic carbocycles. The van der Waals surface area contributed by atoms with Crippen molar-refractivity contribution in [2.45, 2.75) is 5.52 Å². The van der Waals surface area contributed by atoms with Gasteiger partial charge in [-0.2, -0.15) is 0 Å². The summed E-state index contributed by atoms with van der Waals surface area (Å²) in [5.41, 5.74) is -2.88. The van der Waals surface area contributed by atoms with Gasteiger partial charge in [-0.25, -0.2) is 0 Å².